The van der Waals surface area contributed by atoms with Gasteiger partial charge in [-0.25, -0.2) is 0 Å². The zero-order chi connectivity index (χ0) is 14.5. The topological polar surface area (TPSA) is 41.6 Å². The van der Waals surface area contributed by atoms with Gasteiger partial charge in [-0.2, -0.15) is 0 Å². The molecule has 1 aromatic rings. The molecule has 2 atom stereocenters. The van der Waals surface area contributed by atoms with E-state index in [0.717, 1.165) is 38.1 Å². The number of para-hydroxylation sites is 1. The summed E-state index contributed by atoms with van der Waals surface area (Å²) in [4.78, 5) is 14.6. The van der Waals surface area contributed by atoms with Crippen molar-refractivity contribution in [3.63, 3.8) is 0 Å². The van der Waals surface area contributed by atoms with Gasteiger partial charge >= 0.3 is 0 Å². The van der Waals surface area contributed by atoms with Crippen molar-refractivity contribution >= 4 is 18.3 Å². The molecule has 2 aliphatic rings. The van der Waals surface area contributed by atoms with E-state index in [-0.39, 0.29) is 12.4 Å². The van der Waals surface area contributed by atoms with Crippen LogP contribution in [0.4, 0.5) is 0 Å². The van der Waals surface area contributed by atoms with Crippen LogP contribution in [0.5, 0.6) is 5.75 Å². The van der Waals surface area contributed by atoms with Crippen molar-refractivity contribution in [2.24, 2.45) is 0 Å². The standard InChI is InChI=1S/C17H24N2O2.ClH/c20-17(7-4-12-21-16-5-2-1-3-6-16)19-14-8-9-15(19)13-18-11-10-14;/h1-3,5-6,14-15,18H,4,7-13H2;1H. The fraction of sp³-hybridized carbons (Fsp3) is 0.588. The average molecular weight is 325 g/mol. The maximum atomic E-state index is 12.5. The maximum absolute atomic E-state index is 12.5. The van der Waals surface area contributed by atoms with Crippen molar-refractivity contribution in [3.8, 4) is 5.75 Å². The van der Waals surface area contributed by atoms with Gasteiger partial charge in [0.2, 0.25) is 5.91 Å². The molecule has 0 aromatic heterocycles. The molecule has 0 radical (unpaired) electrons. The molecule has 5 heteroatoms. The largest absolute Gasteiger partial charge is 0.494 e. The van der Waals surface area contributed by atoms with Gasteiger partial charge in [0.25, 0.3) is 0 Å². The van der Waals surface area contributed by atoms with Crippen molar-refractivity contribution in [2.75, 3.05) is 19.7 Å². The molecule has 122 valence electrons. The van der Waals surface area contributed by atoms with Crippen LogP contribution in [0.2, 0.25) is 0 Å². The monoisotopic (exact) mass is 324 g/mol. The molecule has 2 heterocycles. The summed E-state index contributed by atoms with van der Waals surface area (Å²) >= 11 is 0. The van der Waals surface area contributed by atoms with Crippen LogP contribution in [-0.2, 0) is 4.79 Å². The second-order valence-electron chi connectivity index (χ2n) is 5.94. The van der Waals surface area contributed by atoms with Gasteiger partial charge in [-0.1, -0.05) is 18.2 Å². The lowest BCUT2D eigenvalue weighted by Gasteiger charge is -2.28. The Kier molecular flexibility index (Phi) is 6.52. The zero-order valence-corrected chi connectivity index (χ0v) is 13.7. The second-order valence-corrected chi connectivity index (χ2v) is 5.94. The maximum Gasteiger partial charge on any atom is 0.223 e. The lowest BCUT2D eigenvalue weighted by atomic mass is 10.1. The highest BCUT2D eigenvalue weighted by atomic mass is 35.5. The van der Waals surface area contributed by atoms with Crippen LogP contribution in [0, 0.1) is 0 Å². The number of nitrogens with zero attached hydrogens (tertiary/aromatic N) is 1. The number of carbonyl (C=O) groups excluding carboxylic acids is 1. The Labute approximate surface area is 138 Å². The fourth-order valence-corrected chi connectivity index (χ4v) is 3.45. The summed E-state index contributed by atoms with van der Waals surface area (Å²) in [5.41, 5.74) is 0. The summed E-state index contributed by atoms with van der Waals surface area (Å²) in [6.07, 6.45) is 4.82. The molecule has 2 unspecified atom stereocenters. The third-order valence-electron chi connectivity index (χ3n) is 4.49. The number of hydrogen-bond donors (Lipinski definition) is 1. The summed E-state index contributed by atoms with van der Waals surface area (Å²) in [5.74, 6) is 1.19. The first kappa shape index (κ1) is 17.1. The highest BCUT2D eigenvalue weighted by Crippen LogP contribution is 2.28. The lowest BCUT2D eigenvalue weighted by molar-refractivity contribution is -0.134. The summed E-state index contributed by atoms with van der Waals surface area (Å²) in [5, 5.41) is 3.43. The Morgan fingerprint density at radius 2 is 1.95 bits per heavy atom. The van der Waals surface area contributed by atoms with Gasteiger partial charge in [-0.3, -0.25) is 4.79 Å². The van der Waals surface area contributed by atoms with Crippen molar-refractivity contribution in [3.05, 3.63) is 30.3 Å². The first-order valence-corrected chi connectivity index (χ1v) is 8.04. The van der Waals surface area contributed by atoms with Crippen LogP contribution in [-0.4, -0.2) is 42.6 Å². The molecule has 3 rings (SSSR count). The molecule has 22 heavy (non-hydrogen) atoms. The molecule has 1 N–H and O–H groups in total. The third kappa shape index (κ3) is 4.14. The number of halogens is 1. The minimum absolute atomic E-state index is 0. The van der Waals surface area contributed by atoms with Gasteiger partial charge < -0.3 is 15.0 Å². The predicted molar refractivity (Wildman–Crippen MR) is 89.6 cm³/mol. The molecule has 2 fully saturated rings. The summed E-state index contributed by atoms with van der Waals surface area (Å²) < 4.78 is 5.65. The molecule has 0 spiro atoms. The van der Waals surface area contributed by atoms with Crippen LogP contribution in [0.25, 0.3) is 0 Å². The highest BCUT2D eigenvalue weighted by molar-refractivity contribution is 5.85. The number of ether oxygens (including phenoxy) is 1. The number of benzene rings is 1. The van der Waals surface area contributed by atoms with E-state index in [0.29, 0.717) is 31.0 Å². The normalized spacial score (nSPS) is 23.5. The van der Waals surface area contributed by atoms with Crippen molar-refractivity contribution < 1.29 is 9.53 Å². The number of carbonyl (C=O) groups is 1. The molecule has 4 nitrogen and oxygen atoms in total. The van der Waals surface area contributed by atoms with Gasteiger partial charge in [0.15, 0.2) is 0 Å². The smallest absolute Gasteiger partial charge is 0.223 e. The van der Waals surface area contributed by atoms with E-state index in [4.69, 9.17) is 4.74 Å². The van der Waals surface area contributed by atoms with E-state index in [9.17, 15) is 4.79 Å². The molecule has 1 amide bonds. The van der Waals surface area contributed by atoms with E-state index < -0.39 is 0 Å². The Morgan fingerprint density at radius 3 is 2.77 bits per heavy atom. The fourth-order valence-electron chi connectivity index (χ4n) is 3.45. The van der Waals surface area contributed by atoms with Gasteiger partial charge in [0.1, 0.15) is 5.75 Å². The Bertz CT molecular complexity index is 455. The van der Waals surface area contributed by atoms with Crippen molar-refractivity contribution in [1.82, 2.24) is 10.2 Å². The van der Waals surface area contributed by atoms with Crippen LogP contribution in [0.15, 0.2) is 30.3 Å². The Balaban J connectivity index is 0.00000176. The van der Waals surface area contributed by atoms with Crippen LogP contribution in [0.1, 0.15) is 32.1 Å². The van der Waals surface area contributed by atoms with Gasteiger partial charge in [-0.15, -0.1) is 12.4 Å². The molecule has 0 aliphatic carbocycles. The van der Waals surface area contributed by atoms with Gasteiger partial charge in [0.05, 0.1) is 6.61 Å². The predicted octanol–water partition coefficient (Wildman–Crippen LogP) is 2.62. The van der Waals surface area contributed by atoms with Gasteiger partial charge in [-0.05, 0) is 44.4 Å². The lowest BCUT2D eigenvalue weighted by Crippen LogP contribution is -2.42. The molecule has 2 saturated heterocycles. The number of hydrogen-bond acceptors (Lipinski definition) is 3. The third-order valence-corrected chi connectivity index (χ3v) is 4.49. The Morgan fingerprint density at radius 1 is 1.18 bits per heavy atom. The first-order chi connectivity index (χ1) is 10.3. The SMILES string of the molecule is Cl.O=C(CCCOc1ccccc1)N1C2CCNCC1CC2. The molecule has 2 bridgehead atoms. The summed E-state index contributed by atoms with van der Waals surface area (Å²) in [6.45, 7) is 2.61. The van der Waals surface area contributed by atoms with Crippen LogP contribution < -0.4 is 10.1 Å². The molecule has 2 aliphatic heterocycles. The van der Waals surface area contributed by atoms with Crippen molar-refractivity contribution in [2.45, 2.75) is 44.2 Å². The van der Waals surface area contributed by atoms with Crippen molar-refractivity contribution in [1.29, 1.82) is 0 Å². The molecular formula is C17H25ClN2O2. The van der Waals surface area contributed by atoms with E-state index in [2.05, 4.69) is 10.2 Å². The average Bonchev–Trinajstić information content (AvgIpc) is 2.78. The molecule has 0 saturated carbocycles. The first-order valence-electron chi connectivity index (χ1n) is 8.04. The summed E-state index contributed by atoms with van der Waals surface area (Å²) in [6, 6.07) is 10.7. The van der Waals surface area contributed by atoms with E-state index in [1.807, 2.05) is 30.3 Å². The minimum Gasteiger partial charge on any atom is -0.494 e. The van der Waals surface area contributed by atoms with Crippen LogP contribution in [0.3, 0.4) is 0 Å². The Hall–Kier alpha value is -1.26. The number of fused-ring (bicyclic) bond motifs is 2. The highest BCUT2D eigenvalue weighted by Gasteiger charge is 2.37. The molecule has 1 aromatic carbocycles. The van der Waals surface area contributed by atoms with E-state index >= 15 is 0 Å². The number of amides is 1. The number of rotatable bonds is 5. The molecular weight excluding hydrogens is 300 g/mol. The number of nitrogens with one attached hydrogen (secondary N) is 1. The summed E-state index contributed by atoms with van der Waals surface area (Å²) in [7, 11) is 0. The van der Waals surface area contributed by atoms with Crippen LogP contribution >= 0.6 is 12.4 Å². The zero-order valence-electron chi connectivity index (χ0n) is 12.9. The minimum atomic E-state index is 0. The van der Waals surface area contributed by atoms with E-state index in [1.54, 1.807) is 0 Å². The second kappa shape index (κ2) is 8.39. The van der Waals surface area contributed by atoms with E-state index in [1.165, 1.54) is 6.42 Å². The quantitative estimate of drug-likeness (QED) is 0.847. The van der Waals surface area contributed by atoms with Gasteiger partial charge in [0, 0.05) is 25.0 Å².